The first-order valence-electron chi connectivity index (χ1n) is 24.1. The molecular weight excluding hydrogens is 1140 g/mol. The van der Waals surface area contributed by atoms with Crippen LogP contribution in [0.3, 0.4) is 0 Å². The van der Waals surface area contributed by atoms with Gasteiger partial charge in [-0.05, 0) is 139 Å². The van der Waals surface area contributed by atoms with Gasteiger partial charge in [-0.2, -0.15) is 52.7 Å². The second kappa shape index (κ2) is 24.9. The smallest absolute Gasteiger partial charge is 0.660 e. The van der Waals surface area contributed by atoms with Crippen molar-refractivity contribution in [3.05, 3.63) is 147 Å². The Labute approximate surface area is 468 Å². The quantitative estimate of drug-likeness (QED) is 0.0759. The zero-order valence-electron chi connectivity index (χ0n) is 46.1. The average Bonchev–Trinajstić information content (AvgIpc) is 3.98. The van der Waals surface area contributed by atoms with Crippen LogP contribution in [0.15, 0.2) is 67.9 Å². The fraction of sp³-hybridized carbons (Fsp3) is 0.393. The number of nitrogens with zero attached hydrogens (tertiary/aromatic N) is 4. The van der Waals surface area contributed by atoms with E-state index in [4.69, 9.17) is 0 Å². The van der Waals surface area contributed by atoms with Gasteiger partial charge in [0.2, 0.25) is 0 Å². The van der Waals surface area contributed by atoms with Crippen LogP contribution in [0.2, 0.25) is 0 Å². The molecule has 12 nitrogen and oxygen atoms in total. The molecule has 4 aromatic rings. The van der Waals surface area contributed by atoms with E-state index in [1.165, 1.54) is 55.4 Å². The summed E-state index contributed by atoms with van der Waals surface area (Å²) in [6.07, 6.45) is -18.9. The maximum atomic E-state index is 12.7. The Morgan fingerprint density at radius 3 is 0.901 bits per heavy atom. The monoisotopic (exact) mass is 1200 g/mol. The second-order valence-corrected chi connectivity index (χ2v) is 19.2. The van der Waals surface area contributed by atoms with Crippen LogP contribution in [0.5, 0.6) is 0 Å². The molecule has 0 bridgehead atoms. The number of aliphatic imine (C=N–C) groups is 2. The van der Waals surface area contributed by atoms with Crippen LogP contribution in [0.25, 0.3) is 11.1 Å². The zero-order valence-corrected chi connectivity index (χ0v) is 47.1. The molecule has 0 aliphatic carbocycles. The maximum Gasteiger partial charge on any atom is 2.00 e. The Hall–Kier alpha value is -7.15. The van der Waals surface area contributed by atoms with Gasteiger partial charge >= 0.3 is 65.4 Å². The largest absolute Gasteiger partial charge is 2.00 e. The van der Waals surface area contributed by atoms with Gasteiger partial charge in [0.05, 0.1) is 34.0 Å². The number of carbonyl (C=O) groups excluding carboxylic acids is 4. The van der Waals surface area contributed by atoms with Crippen molar-refractivity contribution in [2.75, 3.05) is 26.4 Å². The molecule has 0 saturated heterocycles. The van der Waals surface area contributed by atoms with Crippen LogP contribution >= 0.6 is 0 Å². The molecule has 2 aliphatic rings. The Bertz CT molecular complexity index is 3130. The zero-order chi connectivity index (χ0) is 60.6. The van der Waals surface area contributed by atoms with Gasteiger partial charge in [-0.25, -0.2) is 19.2 Å². The number of rotatable bonds is 12. The number of alkyl halides is 12. The minimum atomic E-state index is -4.72. The van der Waals surface area contributed by atoms with E-state index in [0.29, 0.717) is 22.3 Å². The molecule has 2 aromatic carbocycles. The number of esters is 4. The molecule has 2 aromatic heterocycles. The molecule has 2 aliphatic heterocycles. The molecule has 4 heterocycles. The topological polar surface area (TPSA) is 158 Å². The third-order valence-electron chi connectivity index (χ3n) is 12.6. The Morgan fingerprint density at radius 1 is 0.407 bits per heavy atom. The number of benzene rings is 2. The van der Waals surface area contributed by atoms with Gasteiger partial charge in [0.1, 0.15) is 0 Å². The number of aryl methyl sites for hydroxylation is 8. The molecule has 439 valence electrons. The van der Waals surface area contributed by atoms with Crippen molar-refractivity contribution >= 4 is 46.4 Å². The van der Waals surface area contributed by atoms with Crippen molar-refractivity contribution in [2.45, 2.75) is 122 Å². The first-order chi connectivity index (χ1) is 36.6. The van der Waals surface area contributed by atoms with Crippen LogP contribution in [0.1, 0.15) is 127 Å². The average molecular weight is 1200 g/mol. The van der Waals surface area contributed by atoms with Crippen LogP contribution in [-0.4, -0.2) is 86.4 Å². The SMILES string of the molecule is CC1=N/C(=C(\c2[n-]c(C)c(C(=O)OCC(F)(F)F)c2C)c2c(C)cc(C)cc2C)C(C)=C1C(=O)OCC(F)(F)F.CC1=N/C(=C(\c2[n-]c(C)c(C(=O)OCC(F)(F)F)c2C)c2c(C)cc(C)cc2C)C(C)=C1C(=O)OCC(F)(F)F.[Co+2]. The summed E-state index contributed by atoms with van der Waals surface area (Å²) < 4.78 is 170. The first kappa shape index (κ1) is 66.4. The fourth-order valence-corrected chi connectivity index (χ4v) is 9.69. The number of hydrogen-bond acceptors (Lipinski definition) is 10. The number of carbonyl (C=O) groups is 4. The third-order valence-corrected chi connectivity index (χ3v) is 12.6. The molecule has 1 radical (unpaired) electrons. The maximum absolute atomic E-state index is 12.7. The van der Waals surface area contributed by atoms with Crippen molar-refractivity contribution in [3.8, 4) is 0 Å². The molecule has 0 atom stereocenters. The summed E-state index contributed by atoms with van der Waals surface area (Å²) in [7, 11) is 0. The predicted octanol–water partition coefficient (Wildman–Crippen LogP) is 13.1. The number of allylic oxidation sites excluding steroid dienone is 2. The van der Waals surface area contributed by atoms with Crippen molar-refractivity contribution < 1.29 is 108 Å². The van der Waals surface area contributed by atoms with E-state index in [2.05, 4.69) is 38.9 Å². The summed E-state index contributed by atoms with van der Waals surface area (Å²) in [6, 6.07) is 7.54. The van der Waals surface area contributed by atoms with Gasteiger partial charge in [0.15, 0.2) is 26.4 Å². The minimum absolute atomic E-state index is 0. The number of aromatic nitrogens is 2. The van der Waals surface area contributed by atoms with Crippen molar-refractivity contribution in [3.63, 3.8) is 0 Å². The summed E-state index contributed by atoms with van der Waals surface area (Å²) in [5, 5.41) is 0. The Kier molecular flexibility index (Phi) is 20.4. The van der Waals surface area contributed by atoms with Crippen molar-refractivity contribution in [1.29, 1.82) is 0 Å². The first-order valence-corrected chi connectivity index (χ1v) is 24.1. The molecule has 0 saturated carbocycles. The molecule has 0 fully saturated rings. The molecule has 81 heavy (non-hydrogen) atoms. The molecule has 6 rings (SSSR count). The Balaban J connectivity index is 0.000000344. The number of ether oxygens (including phenoxy) is 4. The van der Waals surface area contributed by atoms with Gasteiger partial charge in [0, 0.05) is 11.1 Å². The third kappa shape index (κ3) is 15.7. The van der Waals surface area contributed by atoms with E-state index in [1.54, 1.807) is 0 Å². The summed E-state index contributed by atoms with van der Waals surface area (Å²) in [6.45, 7) is 15.8. The van der Waals surface area contributed by atoms with E-state index >= 15 is 0 Å². The van der Waals surface area contributed by atoms with Crippen molar-refractivity contribution in [1.82, 2.24) is 9.97 Å². The summed E-state index contributed by atoms with van der Waals surface area (Å²) in [5.74, 6) is -4.82. The van der Waals surface area contributed by atoms with Crippen LogP contribution < -0.4 is 9.97 Å². The molecule has 25 heteroatoms. The van der Waals surface area contributed by atoms with Gasteiger partial charge in [0.25, 0.3) is 0 Å². The second-order valence-electron chi connectivity index (χ2n) is 19.2. The summed E-state index contributed by atoms with van der Waals surface area (Å²) in [5.41, 5.74) is 8.58. The predicted molar refractivity (Wildman–Crippen MR) is 270 cm³/mol. The minimum Gasteiger partial charge on any atom is -0.660 e. The molecule has 0 spiro atoms. The number of halogens is 12. The van der Waals surface area contributed by atoms with Crippen molar-refractivity contribution in [2.24, 2.45) is 9.98 Å². The van der Waals surface area contributed by atoms with Crippen LogP contribution in [0.4, 0.5) is 52.7 Å². The normalized spacial score (nSPS) is 15.2. The van der Waals surface area contributed by atoms with E-state index in [-0.39, 0.29) is 107 Å². The van der Waals surface area contributed by atoms with E-state index in [1.807, 2.05) is 65.8 Å². The molecular formula is C56H54CoF12N4O8. The van der Waals surface area contributed by atoms with Gasteiger partial charge < -0.3 is 28.9 Å². The van der Waals surface area contributed by atoms with Gasteiger partial charge in [-0.3, -0.25) is 9.98 Å². The van der Waals surface area contributed by atoms with Gasteiger partial charge in [-0.15, -0.1) is 22.8 Å². The molecule has 0 unspecified atom stereocenters. The van der Waals surface area contributed by atoms with E-state index in [0.717, 1.165) is 33.4 Å². The van der Waals surface area contributed by atoms with Crippen LogP contribution in [0, 0.1) is 69.2 Å². The van der Waals surface area contributed by atoms with Crippen LogP contribution in [-0.2, 0) is 45.3 Å². The van der Waals surface area contributed by atoms with Gasteiger partial charge in [-0.1, -0.05) is 60.4 Å². The summed E-state index contributed by atoms with van der Waals surface area (Å²) in [4.78, 5) is 68.6. The van der Waals surface area contributed by atoms with E-state index < -0.39 is 75.0 Å². The Morgan fingerprint density at radius 2 is 0.654 bits per heavy atom. The fourth-order valence-electron chi connectivity index (χ4n) is 9.69. The summed E-state index contributed by atoms with van der Waals surface area (Å²) >= 11 is 0. The van der Waals surface area contributed by atoms with E-state index in [9.17, 15) is 71.9 Å². The standard InChI is InChI=1S/2C28H28F6N2O4.Co/c2*1-12-8-13(2)19(14(3)9-12)22(23-15(4)20(17(6)35-23)25(37)39-10-27(29,30)31)24-16(5)21(18(7)36-24)26(38)40-11-28(32,33)34;/h2*8-9H,10-11H2,1-7H3,(H,35,36,37,38);/q;;+2/p-2. The molecule has 0 amide bonds. The number of hydrogen-bond donors (Lipinski definition) is 0. The molecule has 0 N–H and O–H groups in total.